The number of halogens is 1. The molecule has 3 rings (SSSR count). The number of pyridine rings is 1. The molecule has 0 spiro atoms. The SMILES string of the molecule is N=Cc1cnc(N)nc1-c1c[nH]c2ncc(Cl)cc12. The molecule has 19 heavy (non-hydrogen) atoms. The fraction of sp³-hybridized carbons (Fsp3) is 0. The molecular formula is C12H9ClN6. The van der Waals surface area contributed by atoms with E-state index >= 15 is 0 Å². The van der Waals surface area contributed by atoms with Gasteiger partial charge >= 0.3 is 0 Å². The van der Waals surface area contributed by atoms with Crippen molar-refractivity contribution in [2.45, 2.75) is 0 Å². The van der Waals surface area contributed by atoms with Crippen LogP contribution < -0.4 is 5.73 Å². The van der Waals surface area contributed by atoms with Gasteiger partial charge in [-0.25, -0.2) is 15.0 Å². The van der Waals surface area contributed by atoms with Gasteiger partial charge in [-0.2, -0.15) is 0 Å². The van der Waals surface area contributed by atoms with Crippen molar-refractivity contribution in [2.24, 2.45) is 0 Å². The van der Waals surface area contributed by atoms with Gasteiger partial charge in [0.05, 0.1) is 10.7 Å². The molecule has 0 saturated heterocycles. The number of nitrogens with zero attached hydrogens (tertiary/aromatic N) is 3. The van der Waals surface area contributed by atoms with Crippen molar-refractivity contribution in [3.05, 3.63) is 35.2 Å². The van der Waals surface area contributed by atoms with Gasteiger partial charge in [-0.3, -0.25) is 0 Å². The third-order valence-corrected chi connectivity index (χ3v) is 2.95. The van der Waals surface area contributed by atoms with Crippen LogP contribution in [-0.4, -0.2) is 26.2 Å². The average Bonchev–Trinajstić information content (AvgIpc) is 2.81. The Morgan fingerprint density at radius 3 is 2.95 bits per heavy atom. The lowest BCUT2D eigenvalue weighted by Crippen LogP contribution is -1.99. The summed E-state index contributed by atoms with van der Waals surface area (Å²) in [7, 11) is 0. The number of aromatic amines is 1. The van der Waals surface area contributed by atoms with Gasteiger partial charge < -0.3 is 16.1 Å². The van der Waals surface area contributed by atoms with Crippen molar-refractivity contribution < 1.29 is 0 Å². The van der Waals surface area contributed by atoms with Gasteiger partial charge in [0.25, 0.3) is 0 Å². The number of hydrogen-bond donors (Lipinski definition) is 3. The molecular weight excluding hydrogens is 264 g/mol. The Morgan fingerprint density at radius 1 is 1.32 bits per heavy atom. The molecule has 0 aliphatic carbocycles. The van der Waals surface area contributed by atoms with E-state index in [0.717, 1.165) is 10.9 Å². The lowest BCUT2D eigenvalue weighted by atomic mass is 10.1. The zero-order chi connectivity index (χ0) is 13.4. The second kappa shape index (κ2) is 4.33. The van der Waals surface area contributed by atoms with Crippen LogP contribution in [-0.2, 0) is 0 Å². The van der Waals surface area contributed by atoms with Gasteiger partial charge in [0, 0.05) is 41.3 Å². The van der Waals surface area contributed by atoms with Gasteiger partial charge in [0.15, 0.2) is 0 Å². The maximum Gasteiger partial charge on any atom is 0.220 e. The number of fused-ring (bicyclic) bond motifs is 1. The first-order chi connectivity index (χ1) is 9.19. The van der Waals surface area contributed by atoms with Crippen molar-refractivity contribution in [1.29, 1.82) is 5.41 Å². The summed E-state index contributed by atoms with van der Waals surface area (Å²) >= 11 is 5.96. The maximum absolute atomic E-state index is 7.41. The van der Waals surface area contributed by atoms with Crippen molar-refractivity contribution >= 4 is 34.8 Å². The van der Waals surface area contributed by atoms with Gasteiger partial charge in [-0.1, -0.05) is 11.6 Å². The highest BCUT2D eigenvalue weighted by molar-refractivity contribution is 6.31. The first-order valence-electron chi connectivity index (χ1n) is 5.45. The topological polar surface area (TPSA) is 104 Å². The highest BCUT2D eigenvalue weighted by Gasteiger charge is 2.13. The van der Waals surface area contributed by atoms with Crippen LogP contribution in [0.1, 0.15) is 5.56 Å². The van der Waals surface area contributed by atoms with Crippen molar-refractivity contribution in [3.63, 3.8) is 0 Å². The van der Waals surface area contributed by atoms with Crippen molar-refractivity contribution in [3.8, 4) is 11.3 Å². The van der Waals surface area contributed by atoms with E-state index < -0.39 is 0 Å². The van der Waals surface area contributed by atoms with E-state index in [0.29, 0.717) is 21.9 Å². The summed E-state index contributed by atoms with van der Waals surface area (Å²) in [5, 5.41) is 8.77. The molecule has 0 fully saturated rings. The van der Waals surface area contributed by atoms with E-state index in [1.807, 2.05) is 0 Å². The Bertz CT molecular complexity index is 779. The largest absolute Gasteiger partial charge is 0.368 e. The minimum Gasteiger partial charge on any atom is -0.368 e. The molecule has 0 saturated carbocycles. The second-order valence-electron chi connectivity index (χ2n) is 3.93. The first kappa shape index (κ1) is 11.6. The molecule has 0 radical (unpaired) electrons. The lowest BCUT2D eigenvalue weighted by molar-refractivity contribution is 1.18. The fourth-order valence-corrected chi connectivity index (χ4v) is 2.06. The Labute approximate surface area is 113 Å². The van der Waals surface area contributed by atoms with Gasteiger partial charge in [-0.05, 0) is 6.07 Å². The van der Waals surface area contributed by atoms with Crippen LogP contribution in [0, 0.1) is 5.41 Å². The van der Waals surface area contributed by atoms with E-state index in [9.17, 15) is 0 Å². The molecule has 0 aromatic carbocycles. The third kappa shape index (κ3) is 1.92. The predicted octanol–water partition coefficient (Wildman–Crippen LogP) is 2.25. The van der Waals surface area contributed by atoms with Crippen LogP contribution in [0.4, 0.5) is 5.95 Å². The molecule has 4 N–H and O–H groups in total. The Hall–Kier alpha value is -2.47. The van der Waals surface area contributed by atoms with Crippen LogP contribution in [0.25, 0.3) is 22.3 Å². The van der Waals surface area contributed by atoms with Crippen LogP contribution >= 0.6 is 11.6 Å². The fourth-order valence-electron chi connectivity index (χ4n) is 1.90. The number of nitrogens with one attached hydrogen (secondary N) is 2. The minimum absolute atomic E-state index is 0.157. The number of hydrogen-bond acceptors (Lipinski definition) is 5. The summed E-state index contributed by atoms with van der Waals surface area (Å²) in [6.45, 7) is 0. The summed E-state index contributed by atoms with van der Waals surface area (Å²) in [4.78, 5) is 15.3. The van der Waals surface area contributed by atoms with Gasteiger partial charge in [0.1, 0.15) is 5.65 Å². The highest BCUT2D eigenvalue weighted by atomic mass is 35.5. The normalized spacial score (nSPS) is 10.8. The van der Waals surface area contributed by atoms with E-state index in [2.05, 4.69) is 19.9 Å². The zero-order valence-corrected chi connectivity index (χ0v) is 10.4. The molecule has 7 heteroatoms. The Morgan fingerprint density at radius 2 is 2.16 bits per heavy atom. The number of nitrogens with two attached hydrogens (primary N) is 1. The van der Waals surface area contributed by atoms with Crippen LogP contribution in [0.2, 0.25) is 5.02 Å². The lowest BCUT2D eigenvalue weighted by Gasteiger charge is -2.04. The molecule has 3 heterocycles. The van der Waals surface area contributed by atoms with E-state index in [1.165, 1.54) is 12.4 Å². The zero-order valence-electron chi connectivity index (χ0n) is 9.68. The van der Waals surface area contributed by atoms with Crippen LogP contribution in [0.5, 0.6) is 0 Å². The summed E-state index contributed by atoms with van der Waals surface area (Å²) in [5.74, 6) is 0.157. The molecule has 3 aromatic rings. The Kier molecular flexibility index (Phi) is 2.64. The van der Waals surface area contributed by atoms with Crippen molar-refractivity contribution in [2.75, 3.05) is 5.73 Å². The summed E-state index contributed by atoms with van der Waals surface area (Å²) in [5.41, 5.74) is 8.26. The number of H-pyrrole nitrogens is 1. The Balaban J connectivity index is 2.32. The van der Waals surface area contributed by atoms with E-state index in [1.54, 1.807) is 18.5 Å². The van der Waals surface area contributed by atoms with Gasteiger partial charge in [0.2, 0.25) is 5.95 Å². The minimum atomic E-state index is 0.157. The summed E-state index contributed by atoms with van der Waals surface area (Å²) < 4.78 is 0. The highest BCUT2D eigenvalue weighted by Crippen LogP contribution is 2.29. The summed E-state index contributed by atoms with van der Waals surface area (Å²) in [6.07, 6.45) is 6.03. The van der Waals surface area contributed by atoms with Crippen LogP contribution in [0.15, 0.2) is 24.7 Å². The summed E-state index contributed by atoms with van der Waals surface area (Å²) in [6, 6.07) is 1.79. The first-order valence-corrected chi connectivity index (χ1v) is 5.83. The number of aromatic nitrogens is 4. The molecule has 94 valence electrons. The van der Waals surface area contributed by atoms with Crippen molar-refractivity contribution in [1.82, 2.24) is 19.9 Å². The van der Waals surface area contributed by atoms with Gasteiger partial charge in [-0.15, -0.1) is 0 Å². The smallest absolute Gasteiger partial charge is 0.220 e. The second-order valence-corrected chi connectivity index (χ2v) is 4.36. The molecule has 6 nitrogen and oxygen atoms in total. The molecule has 0 unspecified atom stereocenters. The molecule has 0 aliphatic rings. The van der Waals surface area contributed by atoms with E-state index in [4.69, 9.17) is 22.7 Å². The molecule has 0 amide bonds. The standard InChI is InChI=1S/C12H9ClN6/c13-7-1-8-9(5-17-11(8)16-4-7)10-6(2-14)3-18-12(15)19-10/h1-5,14H,(H,16,17)(H2,15,18,19). The monoisotopic (exact) mass is 272 g/mol. The van der Waals surface area contributed by atoms with E-state index in [-0.39, 0.29) is 5.95 Å². The quantitative estimate of drug-likeness (QED) is 0.622. The molecule has 0 bridgehead atoms. The maximum atomic E-state index is 7.41. The number of anilines is 1. The predicted molar refractivity (Wildman–Crippen MR) is 74.4 cm³/mol. The molecule has 0 aliphatic heterocycles. The number of rotatable bonds is 2. The van der Waals surface area contributed by atoms with Crippen LogP contribution in [0.3, 0.4) is 0 Å². The number of nitrogen functional groups attached to an aromatic ring is 1. The molecule has 0 atom stereocenters. The average molecular weight is 273 g/mol. The molecule has 3 aromatic heterocycles. The third-order valence-electron chi connectivity index (χ3n) is 2.74.